The third kappa shape index (κ3) is 2.13. The first kappa shape index (κ1) is 10.6. The van der Waals surface area contributed by atoms with Crippen LogP contribution in [0.5, 0.6) is 5.75 Å². The van der Waals surface area contributed by atoms with Gasteiger partial charge in [0, 0.05) is 22.7 Å². The molecule has 0 unspecified atom stereocenters. The van der Waals surface area contributed by atoms with E-state index < -0.39 is 0 Å². The highest BCUT2D eigenvalue weighted by atomic mass is 79.9. The summed E-state index contributed by atoms with van der Waals surface area (Å²) in [6.45, 7) is 0.727. The predicted molar refractivity (Wildman–Crippen MR) is 70.7 cm³/mol. The Morgan fingerprint density at radius 1 is 1.41 bits per heavy atom. The maximum absolute atomic E-state index is 5.64. The average Bonchev–Trinajstić information content (AvgIpc) is 2.83. The molecule has 2 heterocycles. The van der Waals surface area contributed by atoms with Crippen LogP contribution < -0.4 is 4.74 Å². The Kier molecular flexibility index (Phi) is 2.73. The number of hydrogen-bond donors (Lipinski definition) is 1. The molecule has 1 aromatic heterocycles. The lowest BCUT2D eigenvalue weighted by Crippen LogP contribution is -2.07. The summed E-state index contributed by atoms with van der Waals surface area (Å²) in [5.74, 6) is 0.946. The van der Waals surface area contributed by atoms with E-state index in [0.29, 0.717) is 0 Å². The lowest BCUT2D eigenvalue weighted by molar-refractivity contribution is 0.316. The molecular formula is C13H11BrN2O. The molecular weight excluding hydrogens is 280 g/mol. The Balaban J connectivity index is 2.07. The molecule has 3 rings (SSSR count). The molecule has 3 nitrogen and oxygen atoms in total. The first-order valence-corrected chi connectivity index (χ1v) is 6.24. The second-order valence-electron chi connectivity index (χ2n) is 3.90. The van der Waals surface area contributed by atoms with E-state index in [0.717, 1.165) is 34.5 Å². The van der Waals surface area contributed by atoms with E-state index in [1.54, 1.807) is 6.33 Å². The second kappa shape index (κ2) is 4.37. The van der Waals surface area contributed by atoms with E-state index in [1.165, 1.54) is 5.57 Å². The third-order valence-corrected chi connectivity index (χ3v) is 3.25. The van der Waals surface area contributed by atoms with Crippen LogP contribution in [0.3, 0.4) is 0 Å². The maximum atomic E-state index is 5.64. The number of H-pyrrole nitrogens is 1. The summed E-state index contributed by atoms with van der Waals surface area (Å²) in [5.41, 5.74) is 3.36. The predicted octanol–water partition coefficient (Wildman–Crippen LogP) is 3.50. The number of rotatable bonds is 1. The van der Waals surface area contributed by atoms with Crippen LogP contribution >= 0.6 is 15.9 Å². The van der Waals surface area contributed by atoms with Gasteiger partial charge < -0.3 is 9.72 Å². The number of imidazole rings is 1. The molecule has 0 spiro atoms. The van der Waals surface area contributed by atoms with Crippen LogP contribution in [0.25, 0.3) is 11.6 Å². The van der Waals surface area contributed by atoms with Crippen LogP contribution in [-0.4, -0.2) is 16.6 Å². The zero-order valence-electron chi connectivity index (χ0n) is 9.11. The Bertz CT molecular complexity index is 561. The van der Waals surface area contributed by atoms with E-state index >= 15 is 0 Å². The average molecular weight is 291 g/mol. The van der Waals surface area contributed by atoms with Gasteiger partial charge in [0.15, 0.2) is 0 Å². The summed E-state index contributed by atoms with van der Waals surface area (Å²) < 4.78 is 6.70. The van der Waals surface area contributed by atoms with Crippen molar-refractivity contribution < 1.29 is 4.74 Å². The molecule has 1 aromatic carbocycles. The van der Waals surface area contributed by atoms with Crippen molar-refractivity contribution in [2.24, 2.45) is 0 Å². The van der Waals surface area contributed by atoms with Crippen LogP contribution in [0.4, 0.5) is 0 Å². The van der Waals surface area contributed by atoms with E-state index in [1.807, 2.05) is 18.3 Å². The van der Waals surface area contributed by atoms with E-state index in [2.05, 4.69) is 38.0 Å². The lowest BCUT2D eigenvalue weighted by Gasteiger charge is -2.20. The largest absolute Gasteiger partial charge is 0.493 e. The van der Waals surface area contributed by atoms with Crippen molar-refractivity contribution >= 4 is 27.6 Å². The van der Waals surface area contributed by atoms with E-state index in [-0.39, 0.29) is 0 Å². The van der Waals surface area contributed by atoms with Gasteiger partial charge in [-0.25, -0.2) is 4.98 Å². The van der Waals surface area contributed by atoms with Gasteiger partial charge in [-0.05, 0) is 29.8 Å². The molecule has 17 heavy (non-hydrogen) atoms. The first-order valence-electron chi connectivity index (χ1n) is 5.45. The fraction of sp³-hybridized carbons (Fsp3) is 0.154. The molecule has 0 radical (unpaired) electrons. The molecule has 4 heteroatoms. The molecule has 86 valence electrons. The summed E-state index contributed by atoms with van der Waals surface area (Å²) in [6, 6.07) is 6.08. The monoisotopic (exact) mass is 290 g/mol. The molecule has 1 N–H and O–H groups in total. The quantitative estimate of drug-likeness (QED) is 0.873. The van der Waals surface area contributed by atoms with Crippen LogP contribution in [0.1, 0.15) is 17.7 Å². The van der Waals surface area contributed by atoms with Crippen molar-refractivity contribution in [3.05, 3.63) is 46.5 Å². The van der Waals surface area contributed by atoms with Crippen LogP contribution in [0.2, 0.25) is 0 Å². The number of halogens is 1. The highest BCUT2D eigenvalue weighted by Crippen LogP contribution is 2.35. The smallest absolute Gasteiger partial charge is 0.126 e. The van der Waals surface area contributed by atoms with Gasteiger partial charge in [0.1, 0.15) is 5.75 Å². The molecule has 2 aromatic rings. The minimum absolute atomic E-state index is 0.727. The minimum Gasteiger partial charge on any atom is -0.493 e. The lowest BCUT2D eigenvalue weighted by atomic mass is 9.99. The SMILES string of the molecule is Brc1ccc2c(c1)/C(=C\c1c[nH]cn1)CCO2. The van der Waals surface area contributed by atoms with Crippen LogP contribution in [0.15, 0.2) is 35.2 Å². The van der Waals surface area contributed by atoms with Gasteiger partial charge in [-0.15, -0.1) is 0 Å². The van der Waals surface area contributed by atoms with Gasteiger partial charge in [0.25, 0.3) is 0 Å². The van der Waals surface area contributed by atoms with Gasteiger partial charge in [0.2, 0.25) is 0 Å². The first-order chi connectivity index (χ1) is 8.33. The molecule has 1 aliphatic heterocycles. The summed E-state index contributed by atoms with van der Waals surface area (Å²) in [7, 11) is 0. The van der Waals surface area contributed by atoms with Gasteiger partial charge in [0.05, 0.1) is 18.6 Å². The molecule has 0 atom stereocenters. The number of fused-ring (bicyclic) bond motifs is 1. The second-order valence-corrected chi connectivity index (χ2v) is 4.82. The summed E-state index contributed by atoms with van der Waals surface area (Å²) >= 11 is 3.49. The zero-order chi connectivity index (χ0) is 11.7. The van der Waals surface area contributed by atoms with Crippen LogP contribution in [0, 0.1) is 0 Å². The Hall–Kier alpha value is -1.55. The number of nitrogens with one attached hydrogen (secondary N) is 1. The normalized spacial score (nSPS) is 16.6. The van der Waals surface area contributed by atoms with Crippen molar-refractivity contribution in [1.82, 2.24) is 9.97 Å². The summed E-state index contributed by atoms with van der Waals surface area (Å²) in [6.07, 6.45) is 6.59. The number of nitrogens with zero attached hydrogens (tertiary/aromatic N) is 1. The Labute approximate surface area is 108 Å². The van der Waals surface area contributed by atoms with Crippen molar-refractivity contribution in [2.45, 2.75) is 6.42 Å². The highest BCUT2D eigenvalue weighted by Gasteiger charge is 2.15. The van der Waals surface area contributed by atoms with Crippen LogP contribution in [-0.2, 0) is 0 Å². The third-order valence-electron chi connectivity index (χ3n) is 2.76. The fourth-order valence-electron chi connectivity index (χ4n) is 1.96. The van der Waals surface area contributed by atoms with Crippen molar-refractivity contribution in [2.75, 3.05) is 6.61 Å². The Morgan fingerprint density at radius 3 is 3.18 bits per heavy atom. The van der Waals surface area contributed by atoms with E-state index in [4.69, 9.17) is 4.74 Å². The fourth-order valence-corrected chi connectivity index (χ4v) is 2.32. The minimum atomic E-state index is 0.727. The summed E-state index contributed by atoms with van der Waals surface area (Å²) in [4.78, 5) is 7.18. The van der Waals surface area contributed by atoms with Gasteiger partial charge in [-0.1, -0.05) is 15.9 Å². The number of hydrogen-bond acceptors (Lipinski definition) is 2. The van der Waals surface area contributed by atoms with Gasteiger partial charge >= 0.3 is 0 Å². The van der Waals surface area contributed by atoms with Crippen molar-refractivity contribution in [1.29, 1.82) is 0 Å². The topological polar surface area (TPSA) is 37.9 Å². The highest BCUT2D eigenvalue weighted by molar-refractivity contribution is 9.10. The van der Waals surface area contributed by atoms with E-state index in [9.17, 15) is 0 Å². The van der Waals surface area contributed by atoms with Gasteiger partial charge in [-0.2, -0.15) is 0 Å². The van der Waals surface area contributed by atoms with Gasteiger partial charge in [-0.3, -0.25) is 0 Å². The van der Waals surface area contributed by atoms with Crippen molar-refractivity contribution in [3.63, 3.8) is 0 Å². The number of aromatic nitrogens is 2. The Morgan fingerprint density at radius 2 is 2.35 bits per heavy atom. The van der Waals surface area contributed by atoms with Crippen molar-refractivity contribution in [3.8, 4) is 5.75 Å². The molecule has 0 amide bonds. The number of ether oxygens (including phenoxy) is 1. The molecule has 0 aliphatic carbocycles. The molecule has 0 saturated heterocycles. The molecule has 1 aliphatic rings. The molecule has 0 fully saturated rings. The number of benzene rings is 1. The number of aromatic amines is 1. The molecule has 0 saturated carbocycles. The zero-order valence-corrected chi connectivity index (χ0v) is 10.7. The molecule has 0 bridgehead atoms. The standard InChI is InChI=1S/C13H11BrN2O/c14-10-1-2-13-12(6-10)9(3-4-17-13)5-11-7-15-8-16-11/h1-2,5-8H,3-4H2,(H,15,16)/b9-5-. The maximum Gasteiger partial charge on any atom is 0.126 e. The summed E-state index contributed by atoms with van der Waals surface area (Å²) in [5, 5.41) is 0.